The van der Waals surface area contributed by atoms with Gasteiger partial charge >= 0.3 is 0 Å². The van der Waals surface area contributed by atoms with E-state index in [1.54, 1.807) is 12.4 Å². The molecule has 3 aromatic heterocycles. The minimum absolute atomic E-state index is 0.114. The Hall–Kier alpha value is -3.10. The molecule has 0 saturated carbocycles. The zero-order valence-electron chi connectivity index (χ0n) is 15.4. The summed E-state index contributed by atoms with van der Waals surface area (Å²) in [5, 5.41) is 12.3. The van der Waals surface area contributed by atoms with Gasteiger partial charge in [0.15, 0.2) is 5.82 Å². The second kappa shape index (κ2) is 7.26. The standard InChI is InChI=1S/C18H21N7O2/c1-12-10-24(11-15-22-21-13(2)25(12)15)17(26)5-3-4-16-20-18(23-27-16)14-6-8-19-9-7-14/h6-9,12H,3-5,10-11H2,1-2H3/t12-/m0/s1. The Bertz CT molecular complexity index is 934. The van der Waals surface area contributed by atoms with Gasteiger partial charge in [0.05, 0.1) is 12.6 Å². The maximum atomic E-state index is 12.6. The number of hydrogen-bond donors (Lipinski definition) is 0. The highest BCUT2D eigenvalue weighted by Crippen LogP contribution is 2.22. The van der Waals surface area contributed by atoms with E-state index in [1.165, 1.54) is 0 Å². The lowest BCUT2D eigenvalue weighted by Gasteiger charge is -2.32. The molecule has 3 aromatic rings. The fraction of sp³-hybridized carbons (Fsp3) is 0.444. The molecule has 0 radical (unpaired) electrons. The van der Waals surface area contributed by atoms with Gasteiger partial charge in [0.25, 0.3) is 0 Å². The third-order valence-corrected chi connectivity index (χ3v) is 4.74. The van der Waals surface area contributed by atoms with Crippen molar-refractivity contribution in [2.45, 2.75) is 45.7 Å². The van der Waals surface area contributed by atoms with Crippen molar-refractivity contribution in [3.8, 4) is 11.4 Å². The minimum Gasteiger partial charge on any atom is -0.339 e. The van der Waals surface area contributed by atoms with E-state index >= 15 is 0 Å². The lowest BCUT2D eigenvalue weighted by molar-refractivity contribution is -0.133. The summed E-state index contributed by atoms with van der Waals surface area (Å²) in [5.74, 6) is 2.93. The Balaban J connectivity index is 1.31. The van der Waals surface area contributed by atoms with Gasteiger partial charge in [-0.15, -0.1) is 10.2 Å². The summed E-state index contributed by atoms with van der Waals surface area (Å²) < 4.78 is 7.38. The van der Waals surface area contributed by atoms with Gasteiger partial charge in [0, 0.05) is 37.3 Å². The molecule has 1 aliphatic rings. The van der Waals surface area contributed by atoms with Crippen molar-refractivity contribution in [3.63, 3.8) is 0 Å². The van der Waals surface area contributed by atoms with Gasteiger partial charge in [-0.2, -0.15) is 4.98 Å². The SMILES string of the molecule is Cc1nnc2n1[C@@H](C)CN(C(=O)CCCc1nc(-c3ccncc3)no1)C2. The Labute approximate surface area is 156 Å². The zero-order valence-corrected chi connectivity index (χ0v) is 15.4. The van der Waals surface area contributed by atoms with Gasteiger partial charge in [-0.1, -0.05) is 5.16 Å². The maximum Gasteiger partial charge on any atom is 0.226 e. The maximum absolute atomic E-state index is 12.6. The van der Waals surface area contributed by atoms with E-state index in [4.69, 9.17) is 4.52 Å². The Morgan fingerprint density at radius 2 is 2.11 bits per heavy atom. The average Bonchev–Trinajstić information content (AvgIpc) is 3.29. The van der Waals surface area contributed by atoms with Crippen molar-refractivity contribution < 1.29 is 9.32 Å². The van der Waals surface area contributed by atoms with E-state index in [2.05, 4.69) is 36.8 Å². The molecule has 0 saturated heterocycles. The molecule has 140 valence electrons. The molecule has 0 unspecified atom stereocenters. The number of amides is 1. The predicted octanol–water partition coefficient (Wildman–Crippen LogP) is 1.96. The smallest absolute Gasteiger partial charge is 0.226 e. The molecule has 0 aliphatic carbocycles. The number of fused-ring (bicyclic) bond motifs is 1. The van der Waals surface area contributed by atoms with Crippen molar-refractivity contribution in [2.75, 3.05) is 6.54 Å². The third kappa shape index (κ3) is 3.57. The van der Waals surface area contributed by atoms with E-state index in [0.717, 1.165) is 17.2 Å². The number of aryl methyl sites for hydroxylation is 2. The third-order valence-electron chi connectivity index (χ3n) is 4.74. The van der Waals surface area contributed by atoms with Crippen molar-refractivity contribution in [3.05, 3.63) is 42.1 Å². The normalized spacial score (nSPS) is 16.4. The molecule has 0 fully saturated rings. The first-order chi connectivity index (χ1) is 13.1. The summed E-state index contributed by atoms with van der Waals surface area (Å²) in [6.45, 7) is 5.21. The minimum atomic E-state index is 0.114. The van der Waals surface area contributed by atoms with E-state index in [1.807, 2.05) is 24.0 Å². The lowest BCUT2D eigenvalue weighted by Crippen LogP contribution is -2.40. The van der Waals surface area contributed by atoms with E-state index < -0.39 is 0 Å². The molecule has 1 atom stereocenters. The second-order valence-electron chi connectivity index (χ2n) is 6.76. The zero-order chi connectivity index (χ0) is 18.8. The summed E-state index contributed by atoms with van der Waals surface area (Å²) >= 11 is 0. The first-order valence-corrected chi connectivity index (χ1v) is 9.03. The molecular weight excluding hydrogens is 346 g/mol. The molecule has 0 N–H and O–H groups in total. The molecular formula is C18H21N7O2. The van der Waals surface area contributed by atoms with Crippen LogP contribution in [0.25, 0.3) is 11.4 Å². The van der Waals surface area contributed by atoms with E-state index in [0.29, 0.717) is 44.1 Å². The van der Waals surface area contributed by atoms with Gasteiger partial charge < -0.3 is 14.0 Å². The lowest BCUT2D eigenvalue weighted by atomic mass is 10.1. The second-order valence-corrected chi connectivity index (χ2v) is 6.76. The van der Waals surface area contributed by atoms with Crippen molar-refractivity contribution >= 4 is 5.91 Å². The van der Waals surface area contributed by atoms with Crippen LogP contribution in [0.2, 0.25) is 0 Å². The van der Waals surface area contributed by atoms with Crippen LogP contribution in [0.4, 0.5) is 0 Å². The molecule has 4 heterocycles. The number of nitrogens with zero attached hydrogens (tertiary/aromatic N) is 7. The molecule has 27 heavy (non-hydrogen) atoms. The van der Waals surface area contributed by atoms with Crippen LogP contribution in [0, 0.1) is 6.92 Å². The highest BCUT2D eigenvalue weighted by molar-refractivity contribution is 5.76. The fourth-order valence-corrected chi connectivity index (χ4v) is 3.44. The summed E-state index contributed by atoms with van der Waals surface area (Å²) in [5.41, 5.74) is 0.859. The van der Waals surface area contributed by atoms with Crippen LogP contribution in [0.5, 0.6) is 0 Å². The number of aromatic nitrogens is 6. The molecule has 9 nitrogen and oxygen atoms in total. The van der Waals surface area contributed by atoms with Crippen LogP contribution in [0.3, 0.4) is 0 Å². The number of rotatable bonds is 5. The van der Waals surface area contributed by atoms with Gasteiger partial charge in [0.2, 0.25) is 17.6 Å². The van der Waals surface area contributed by atoms with Gasteiger partial charge in [-0.05, 0) is 32.4 Å². The van der Waals surface area contributed by atoms with E-state index in [9.17, 15) is 4.79 Å². The molecule has 0 spiro atoms. The molecule has 1 aliphatic heterocycles. The van der Waals surface area contributed by atoms with Gasteiger partial charge in [-0.3, -0.25) is 9.78 Å². The first-order valence-electron chi connectivity index (χ1n) is 9.03. The predicted molar refractivity (Wildman–Crippen MR) is 95.4 cm³/mol. The van der Waals surface area contributed by atoms with Crippen LogP contribution >= 0.6 is 0 Å². The summed E-state index contributed by atoms with van der Waals surface area (Å²) in [6.07, 6.45) is 5.04. The first kappa shape index (κ1) is 17.3. The molecule has 0 aromatic carbocycles. The Morgan fingerprint density at radius 1 is 1.30 bits per heavy atom. The van der Waals surface area contributed by atoms with Crippen LogP contribution in [-0.4, -0.2) is 47.2 Å². The number of carbonyl (C=O) groups is 1. The van der Waals surface area contributed by atoms with E-state index in [-0.39, 0.29) is 11.9 Å². The number of pyridine rings is 1. The highest BCUT2D eigenvalue weighted by atomic mass is 16.5. The van der Waals surface area contributed by atoms with Gasteiger partial charge in [0.1, 0.15) is 5.82 Å². The molecule has 1 amide bonds. The van der Waals surface area contributed by atoms with Gasteiger partial charge in [-0.25, -0.2) is 0 Å². The molecule has 9 heteroatoms. The Morgan fingerprint density at radius 3 is 2.93 bits per heavy atom. The van der Waals surface area contributed by atoms with Crippen molar-refractivity contribution in [1.82, 2.24) is 34.8 Å². The van der Waals surface area contributed by atoms with Crippen LogP contribution in [0.1, 0.15) is 43.3 Å². The van der Waals surface area contributed by atoms with Crippen molar-refractivity contribution in [1.29, 1.82) is 0 Å². The highest BCUT2D eigenvalue weighted by Gasteiger charge is 2.27. The average molecular weight is 367 g/mol. The summed E-state index contributed by atoms with van der Waals surface area (Å²) in [4.78, 5) is 22.8. The Kier molecular flexibility index (Phi) is 4.66. The van der Waals surface area contributed by atoms with Crippen molar-refractivity contribution in [2.24, 2.45) is 0 Å². The van der Waals surface area contributed by atoms with Crippen LogP contribution < -0.4 is 0 Å². The van der Waals surface area contributed by atoms with Crippen LogP contribution in [-0.2, 0) is 17.8 Å². The number of carbonyl (C=O) groups excluding carboxylic acids is 1. The molecule has 0 bridgehead atoms. The monoisotopic (exact) mass is 367 g/mol. The largest absolute Gasteiger partial charge is 0.339 e. The summed E-state index contributed by atoms with van der Waals surface area (Å²) in [7, 11) is 0. The van der Waals surface area contributed by atoms with Crippen LogP contribution in [0.15, 0.2) is 29.0 Å². The fourth-order valence-electron chi connectivity index (χ4n) is 3.44. The quantitative estimate of drug-likeness (QED) is 0.679. The summed E-state index contributed by atoms with van der Waals surface area (Å²) in [6, 6.07) is 3.85. The number of hydrogen-bond acceptors (Lipinski definition) is 7. The topological polar surface area (TPSA) is 103 Å². The molecule has 4 rings (SSSR count).